The SMILES string of the molecule is C#C[C@]1(COC(=O)OCC23CC4CC(CC(C4)C2)C3)O[C@@H](n2cnc3c(N)cc(C)nc32)C[C@@H]1O. The average molecular weight is 481 g/mol. The Balaban J connectivity index is 1.10. The molecule has 1 saturated heterocycles. The fraction of sp³-hybridized carbons (Fsp3) is 0.654. The highest BCUT2D eigenvalue weighted by Gasteiger charge is 2.52. The number of terminal acetylenes is 1. The van der Waals surface area contributed by atoms with Crippen molar-refractivity contribution >= 4 is 23.0 Å². The normalized spacial score (nSPS) is 37.5. The first-order valence-corrected chi connectivity index (χ1v) is 12.5. The average Bonchev–Trinajstić information content (AvgIpc) is 3.37. The molecule has 0 radical (unpaired) electrons. The van der Waals surface area contributed by atoms with Crippen LogP contribution in [-0.4, -0.2) is 50.7 Å². The summed E-state index contributed by atoms with van der Waals surface area (Å²) in [7, 11) is 0. The van der Waals surface area contributed by atoms with E-state index in [4.69, 9.17) is 26.4 Å². The van der Waals surface area contributed by atoms with Crippen molar-refractivity contribution in [1.82, 2.24) is 14.5 Å². The predicted octanol–water partition coefficient (Wildman–Crippen LogP) is 3.34. The topological polar surface area (TPSA) is 122 Å². The monoisotopic (exact) mass is 480 g/mol. The molecular formula is C26H32N4O5. The van der Waals surface area contributed by atoms with Crippen molar-refractivity contribution in [2.45, 2.75) is 69.8 Å². The summed E-state index contributed by atoms with van der Waals surface area (Å²) in [5.74, 6) is 4.84. The van der Waals surface area contributed by atoms with E-state index in [1.54, 1.807) is 17.0 Å². The highest BCUT2D eigenvalue weighted by molar-refractivity contribution is 5.84. The third-order valence-corrected chi connectivity index (χ3v) is 8.62. The second kappa shape index (κ2) is 8.10. The standard InChI is InChI=1S/C26H32N4O5/c1-3-26(13-34-24(32)33-12-25-9-16-5-17(10-25)7-18(6-16)11-25)20(31)8-21(35-26)30-14-28-22-19(27)4-15(2)29-23(22)30/h1,4,14,16-18,20-21,31H,5-13H2,2H3,(H2,27,29)/t16?,17?,18?,20-,21+,25?,26+/m0/s1. The van der Waals surface area contributed by atoms with Crippen LogP contribution in [0.25, 0.3) is 11.2 Å². The summed E-state index contributed by atoms with van der Waals surface area (Å²) < 4.78 is 18.8. The summed E-state index contributed by atoms with van der Waals surface area (Å²) in [6, 6.07) is 1.75. The number of hydrogen-bond donors (Lipinski definition) is 2. The number of fused-ring (bicyclic) bond motifs is 1. The summed E-state index contributed by atoms with van der Waals surface area (Å²) in [6.45, 7) is 1.92. The van der Waals surface area contributed by atoms with Gasteiger partial charge in [-0.25, -0.2) is 14.8 Å². The van der Waals surface area contributed by atoms with Crippen LogP contribution in [0.2, 0.25) is 0 Å². The van der Waals surface area contributed by atoms with Gasteiger partial charge in [0.15, 0.2) is 11.2 Å². The molecule has 2 aromatic rings. The third-order valence-electron chi connectivity index (χ3n) is 8.62. The molecule has 0 aromatic carbocycles. The van der Waals surface area contributed by atoms with Crippen LogP contribution in [0, 0.1) is 42.4 Å². The fourth-order valence-electron chi connectivity index (χ4n) is 7.48. The van der Waals surface area contributed by atoms with Crippen LogP contribution in [-0.2, 0) is 14.2 Å². The van der Waals surface area contributed by atoms with E-state index >= 15 is 0 Å². The number of pyridine rings is 1. The Hall–Kier alpha value is -2.83. The predicted molar refractivity (Wildman–Crippen MR) is 127 cm³/mol. The Morgan fingerprint density at radius 3 is 2.54 bits per heavy atom. The quantitative estimate of drug-likeness (QED) is 0.494. The number of rotatable bonds is 5. The Morgan fingerprint density at radius 2 is 1.89 bits per heavy atom. The van der Waals surface area contributed by atoms with E-state index < -0.39 is 24.1 Å². The number of aliphatic hydroxyl groups excluding tert-OH is 1. The molecule has 0 amide bonds. The molecule has 0 unspecified atom stereocenters. The number of aliphatic hydroxyl groups is 1. The van der Waals surface area contributed by atoms with Crippen molar-refractivity contribution in [1.29, 1.82) is 0 Å². The van der Waals surface area contributed by atoms with E-state index in [-0.39, 0.29) is 18.4 Å². The number of hydrogen-bond acceptors (Lipinski definition) is 8. The molecule has 9 nitrogen and oxygen atoms in total. The summed E-state index contributed by atoms with van der Waals surface area (Å²) in [6.07, 6.45) is 12.5. The zero-order valence-electron chi connectivity index (χ0n) is 20.0. The van der Waals surface area contributed by atoms with Crippen molar-refractivity contribution in [2.75, 3.05) is 18.9 Å². The molecule has 3 heterocycles. The first kappa shape index (κ1) is 22.6. The Kier molecular flexibility index (Phi) is 5.24. The number of carbonyl (C=O) groups excluding carboxylic acids is 1. The van der Waals surface area contributed by atoms with Crippen LogP contribution < -0.4 is 5.73 Å². The zero-order chi connectivity index (χ0) is 24.4. The molecule has 7 rings (SSSR count). The lowest BCUT2D eigenvalue weighted by Crippen LogP contribution is -2.48. The molecule has 186 valence electrons. The number of imidazole rings is 1. The van der Waals surface area contributed by atoms with Gasteiger partial charge in [-0.15, -0.1) is 6.42 Å². The second-order valence-electron chi connectivity index (χ2n) is 11.3. The van der Waals surface area contributed by atoms with Crippen LogP contribution in [0.3, 0.4) is 0 Å². The Bertz CT molecular complexity index is 1170. The smallest absolute Gasteiger partial charge is 0.434 e. The van der Waals surface area contributed by atoms with Crippen LogP contribution in [0.1, 0.15) is 56.9 Å². The van der Waals surface area contributed by atoms with Gasteiger partial charge in [0.25, 0.3) is 0 Å². The number of aromatic nitrogens is 3. The molecule has 0 spiro atoms. The number of carbonyl (C=O) groups is 1. The van der Waals surface area contributed by atoms with Crippen molar-refractivity contribution in [3.05, 3.63) is 18.1 Å². The molecule has 4 aliphatic carbocycles. The molecule has 35 heavy (non-hydrogen) atoms. The molecule has 4 bridgehead atoms. The van der Waals surface area contributed by atoms with Crippen molar-refractivity contribution in [3.63, 3.8) is 0 Å². The Morgan fingerprint density at radius 1 is 1.23 bits per heavy atom. The summed E-state index contributed by atoms with van der Waals surface area (Å²) in [5, 5.41) is 10.8. The van der Waals surface area contributed by atoms with Gasteiger partial charge in [-0.05, 0) is 69.3 Å². The van der Waals surface area contributed by atoms with Gasteiger partial charge in [0, 0.05) is 17.5 Å². The van der Waals surface area contributed by atoms with E-state index in [0.717, 1.165) is 42.7 Å². The number of aryl methyl sites for hydroxylation is 1. The molecule has 4 saturated carbocycles. The van der Waals surface area contributed by atoms with E-state index in [0.29, 0.717) is 23.5 Å². The molecule has 9 heteroatoms. The Labute approximate surface area is 204 Å². The molecule has 2 aromatic heterocycles. The molecule has 5 fully saturated rings. The van der Waals surface area contributed by atoms with E-state index in [9.17, 15) is 9.90 Å². The fourth-order valence-corrected chi connectivity index (χ4v) is 7.48. The second-order valence-corrected chi connectivity index (χ2v) is 11.3. The van der Waals surface area contributed by atoms with E-state index in [2.05, 4.69) is 15.9 Å². The summed E-state index contributed by atoms with van der Waals surface area (Å²) in [5.41, 5.74) is 7.03. The number of anilines is 1. The summed E-state index contributed by atoms with van der Waals surface area (Å²) >= 11 is 0. The molecule has 5 aliphatic rings. The van der Waals surface area contributed by atoms with Crippen LogP contribution >= 0.6 is 0 Å². The highest BCUT2D eigenvalue weighted by atomic mass is 16.7. The van der Waals surface area contributed by atoms with Gasteiger partial charge in [-0.3, -0.25) is 4.57 Å². The largest absolute Gasteiger partial charge is 0.508 e. The van der Waals surface area contributed by atoms with Crippen molar-refractivity contribution in [3.8, 4) is 12.3 Å². The van der Waals surface area contributed by atoms with Gasteiger partial charge in [0.1, 0.15) is 31.1 Å². The van der Waals surface area contributed by atoms with Crippen LogP contribution in [0.15, 0.2) is 12.4 Å². The number of ether oxygens (including phenoxy) is 3. The minimum absolute atomic E-state index is 0.0987. The zero-order valence-corrected chi connectivity index (χ0v) is 20.0. The first-order valence-electron chi connectivity index (χ1n) is 12.5. The highest BCUT2D eigenvalue weighted by Crippen LogP contribution is 2.60. The first-order chi connectivity index (χ1) is 16.8. The lowest BCUT2D eigenvalue weighted by atomic mass is 9.50. The van der Waals surface area contributed by atoms with Crippen LogP contribution in [0.5, 0.6) is 0 Å². The third kappa shape index (κ3) is 3.83. The number of nitrogens with zero attached hydrogens (tertiary/aromatic N) is 3. The van der Waals surface area contributed by atoms with Crippen molar-refractivity contribution in [2.24, 2.45) is 23.2 Å². The molecule has 3 N–H and O–H groups in total. The summed E-state index contributed by atoms with van der Waals surface area (Å²) in [4.78, 5) is 21.4. The van der Waals surface area contributed by atoms with Gasteiger partial charge < -0.3 is 25.1 Å². The maximum atomic E-state index is 12.5. The maximum absolute atomic E-state index is 12.5. The molecule has 3 atom stereocenters. The lowest BCUT2D eigenvalue weighted by Gasteiger charge is -2.56. The maximum Gasteiger partial charge on any atom is 0.508 e. The lowest BCUT2D eigenvalue weighted by molar-refractivity contribution is -0.111. The van der Waals surface area contributed by atoms with E-state index in [1.807, 2.05) is 6.92 Å². The van der Waals surface area contributed by atoms with Gasteiger partial charge in [-0.2, -0.15) is 0 Å². The minimum atomic E-state index is -1.49. The molecule has 1 aliphatic heterocycles. The minimum Gasteiger partial charge on any atom is -0.434 e. The number of nitrogen functional groups attached to an aromatic ring is 1. The van der Waals surface area contributed by atoms with Crippen molar-refractivity contribution < 1.29 is 24.1 Å². The number of nitrogens with two attached hydrogens (primary N) is 1. The van der Waals surface area contributed by atoms with Gasteiger partial charge in [0.05, 0.1) is 12.0 Å². The van der Waals surface area contributed by atoms with E-state index in [1.165, 1.54) is 19.3 Å². The van der Waals surface area contributed by atoms with Gasteiger partial charge in [0.2, 0.25) is 0 Å². The van der Waals surface area contributed by atoms with Gasteiger partial charge >= 0.3 is 6.16 Å². The van der Waals surface area contributed by atoms with Gasteiger partial charge in [-0.1, -0.05) is 5.92 Å². The molecular weight excluding hydrogens is 448 g/mol. The van der Waals surface area contributed by atoms with Crippen LogP contribution in [0.4, 0.5) is 10.5 Å².